The smallest absolute Gasteiger partial charge is 0.243 e. The van der Waals surface area contributed by atoms with Crippen molar-refractivity contribution in [3.05, 3.63) is 64.8 Å². The Kier molecular flexibility index (Phi) is 5.52. The second-order valence-corrected chi connectivity index (χ2v) is 9.36. The zero-order valence-corrected chi connectivity index (χ0v) is 18.9. The molecule has 2 fully saturated rings. The zero-order valence-electron chi connectivity index (χ0n) is 18.1. The normalized spacial score (nSPS) is 21.3. The number of carbonyl (C=O) groups excluding carboxylic acids is 3. The Hall–Kier alpha value is -3.06. The maximum absolute atomic E-state index is 14.2. The topological polar surface area (TPSA) is 72.3 Å². The summed E-state index contributed by atoms with van der Waals surface area (Å²) < 4.78 is 15.9. The van der Waals surface area contributed by atoms with E-state index < -0.39 is 11.9 Å². The molecule has 0 unspecified atom stereocenters. The van der Waals surface area contributed by atoms with Crippen molar-refractivity contribution in [2.45, 2.75) is 38.8 Å². The SMILES string of the molecule is CC(=O)c1cn(CC(=O)N2C[C@@H]3C[C@@H]3[C@H]2C(=O)CCc2cccc(Cl)c2F)c2cnccc12. The van der Waals surface area contributed by atoms with Crippen LogP contribution < -0.4 is 0 Å². The number of likely N-dealkylation sites (tertiary alicyclic amines) is 1. The van der Waals surface area contributed by atoms with Crippen LogP contribution in [0.15, 0.2) is 42.9 Å². The van der Waals surface area contributed by atoms with Gasteiger partial charge < -0.3 is 9.47 Å². The van der Waals surface area contributed by atoms with Crippen LogP contribution in [0, 0.1) is 17.7 Å². The van der Waals surface area contributed by atoms with E-state index in [0.29, 0.717) is 29.1 Å². The van der Waals surface area contributed by atoms with Crippen molar-refractivity contribution in [2.75, 3.05) is 6.54 Å². The van der Waals surface area contributed by atoms with Gasteiger partial charge in [0.2, 0.25) is 5.91 Å². The number of pyridine rings is 1. The van der Waals surface area contributed by atoms with E-state index >= 15 is 0 Å². The fourth-order valence-corrected chi connectivity index (χ4v) is 5.26. The first-order valence-electron chi connectivity index (χ1n) is 11.0. The largest absolute Gasteiger partial charge is 0.336 e. The standard InChI is InChI=1S/C25H23ClFN3O3/c1-14(31)19-12-29(21-10-28-8-7-17(19)21)13-23(33)30-11-16-9-18(16)25(30)22(32)6-5-15-3-2-4-20(26)24(15)27/h2-4,7-8,10,12,16,18,25H,5-6,9,11,13H2,1H3/t16-,18-,25-/m0/s1. The van der Waals surface area contributed by atoms with E-state index in [1.54, 1.807) is 46.3 Å². The molecule has 3 atom stereocenters. The second-order valence-electron chi connectivity index (χ2n) is 8.95. The number of hydrogen-bond donors (Lipinski definition) is 0. The highest BCUT2D eigenvalue weighted by molar-refractivity contribution is 6.30. The summed E-state index contributed by atoms with van der Waals surface area (Å²) in [4.78, 5) is 44.2. The lowest BCUT2D eigenvalue weighted by Gasteiger charge is -2.27. The number of halogens is 2. The molecular formula is C25H23ClFN3O3. The van der Waals surface area contributed by atoms with E-state index in [-0.39, 0.29) is 47.8 Å². The van der Waals surface area contributed by atoms with E-state index in [0.717, 1.165) is 11.8 Å². The molecule has 1 aliphatic carbocycles. The van der Waals surface area contributed by atoms with Crippen LogP contribution >= 0.6 is 11.6 Å². The molecule has 5 rings (SSSR count). The number of rotatable bonds is 7. The van der Waals surface area contributed by atoms with Gasteiger partial charge in [-0.15, -0.1) is 0 Å². The fraction of sp³-hybridized carbons (Fsp3) is 0.360. The number of benzene rings is 1. The van der Waals surface area contributed by atoms with E-state index in [2.05, 4.69) is 4.98 Å². The van der Waals surface area contributed by atoms with Crippen LogP contribution in [0.4, 0.5) is 4.39 Å². The Morgan fingerprint density at radius 3 is 2.85 bits per heavy atom. The molecule has 6 nitrogen and oxygen atoms in total. The summed E-state index contributed by atoms with van der Waals surface area (Å²) in [6, 6.07) is 6.06. The van der Waals surface area contributed by atoms with Crippen LogP contribution in [0.3, 0.4) is 0 Å². The molecule has 8 heteroatoms. The summed E-state index contributed by atoms with van der Waals surface area (Å²) in [7, 11) is 0. The van der Waals surface area contributed by atoms with Crippen molar-refractivity contribution in [3.8, 4) is 0 Å². The Morgan fingerprint density at radius 1 is 1.24 bits per heavy atom. The summed E-state index contributed by atoms with van der Waals surface area (Å²) in [6.07, 6.45) is 6.28. The van der Waals surface area contributed by atoms with Gasteiger partial charge in [0.25, 0.3) is 0 Å². The number of Topliss-reactive ketones (excluding diaryl/α,β-unsaturated/α-hetero) is 2. The molecule has 0 spiro atoms. The predicted molar refractivity (Wildman–Crippen MR) is 122 cm³/mol. The average molecular weight is 468 g/mol. The molecular weight excluding hydrogens is 445 g/mol. The number of aromatic nitrogens is 2. The van der Waals surface area contributed by atoms with Gasteiger partial charge in [-0.05, 0) is 49.3 Å². The van der Waals surface area contributed by atoms with Crippen molar-refractivity contribution in [1.29, 1.82) is 0 Å². The van der Waals surface area contributed by atoms with Gasteiger partial charge in [0.05, 0.1) is 22.8 Å². The van der Waals surface area contributed by atoms with Crippen molar-refractivity contribution >= 4 is 40.0 Å². The van der Waals surface area contributed by atoms with Crippen LogP contribution in [-0.4, -0.2) is 44.5 Å². The van der Waals surface area contributed by atoms with Gasteiger partial charge in [-0.25, -0.2) is 4.39 Å². The number of ketones is 2. The lowest BCUT2D eigenvalue weighted by atomic mass is 10.00. The van der Waals surface area contributed by atoms with Gasteiger partial charge in [0, 0.05) is 36.3 Å². The van der Waals surface area contributed by atoms with Crippen molar-refractivity contribution < 1.29 is 18.8 Å². The minimum absolute atomic E-state index is 0.0294. The van der Waals surface area contributed by atoms with Gasteiger partial charge in [-0.2, -0.15) is 0 Å². The summed E-state index contributed by atoms with van der Waals surface area (Å²) >= 11 is 5.85. The van der Waals surface area contributed by atoms with E-state index in [4.69, 9.17) is 11.6 Å². The molecule has 1 amide bonds. The Bertz CT molecular complexity index is 1290. The third-order valence-corrected chi connectivity index (χ3v) is 7.13. The van der Waals surface area contributed by atoms with Crippen LogP contribution in [0.25, 0.3) is 10.9 Å². The monoisotopic (exact) mass is 467 g/mol. The summed E-state index contributed by atoms with van der Waals surface area (Å²) in [5, 5.41) is 0.795. The first-order chi connectivity index (χ1) is 15.8. The van der Waals surface area contributed by atoms with Gasteiger partial charge >= 0.3 is 0 Å². The number of aryl methyl sites for hydroxylation is 1. The molecule has 1 saturated heterocycles. The Balaban J connectivity index is 1.32. The molecule has 3 heterocycles. The molecule has 0 N–H and O–H groups in total. The number of nitrogens with zero attached hydrogens (tertiary/aromatic N) is 3. The highest BCUT2D eigenvalue weighted by atomic mass is 35.5. The van der Waals surface area contributed by atoms with Crippen molar-refractivity contribution in [1.82, 2.24) is 14.5 Å². The van der Waals surface area contributed by atoms with Gasteiger partial charge in [-0.3, -0.25) is 19.4 Å². The van der Waals surface area contributed by atoms with E-state index in [9.17, 15) is 18.8 Å². The number of fused-ring (bicyclic) bond motifs is 2. The highest BCUT2D eigenvalue weighted by Crippen LogP contribution is 2.50. The molecule has 1 aromatic carbocycles. The molecule has 3 aromatic rings. The maximum Gasteiger partial charge on any atom is 0.243 e. The van der Waals surface area contributed by atoms with Crippen molar-refractivity contribution in [2.24, 2.45) is 11.8 Å². The molecule has 1 aliphatic heterocycles. The highest BCUT2D eigenvalue weighted by Gasteiger charge is 2.56. The first kappa shape index (κ1) is 21.8. The summed E-state index contributed by atoms with van der Waals surface area (Å²) in [5.41, 5.74) is 1.66. The Morgan fingerprint density at radius 2 is 2.06 bits per heavy atom. The zero-order chi connectivity index (χ0) is 23.3. The second kappa shape index (κ2) is 8.37. The van der Waals surface area contributed by atoms with Gasteiger partial charge in [0.15, 0.2) is 11.6 Å². The molecule has 0 radical (unpaired) electrons. The minimum atomic E-state index is -0.495. The summed E-state index contributed by atoms with van der Waals surface area (Å²) in [6.45, 7) is 2.08. The fourth-order valence-electron chi connectivity index (χ4n) is 5.07. The number of amides is 1. The lowest BCUT2D eigenvalue weighted by molar-refractivity contribution is -0.139. The number of carbonyl (C=O) groups is 3. The van der Waals surface area contributed by atoms with E-state index in [1.165, 1.54) is 13.0 Å². The minimum Gasteiger partial charge on any atom is -0.336 e. The van der Waals surface area contributed by atoms with Crippen molar-refractivity contribution in [3.63, 3.8) is 0 Å². The van der Waals surface area contributed by atoms with Crippen LogP contribution in [0.5, 0.6) is 0 Å². The molecule has 0 bridgehead atoms. The number of piperidine rings is 1. The van der Waals surface area contributed by atoms with Crippen LogP contribution in [-0.2, 0) is 22.6 Å². The quantitative estimate of drug-likeness (QED) is 0.491. The maximum atomic E-state index is 14.2. The molecule has 1 saturated carbocycles. The molecule has 2 aliphatic rings. The molecule has 33 heavy (non-hydrogen) atoms. The van der Waals surface area contributed by atoms with Crippen LogP contribution in [0.2, 0.25) is 5.02 Å². The van der Waals surface area contributed by atoms with Crippen LogP contribution in [0.1, 0.15) is 35.7 Å². The molecule has 2 aromatic heterocycles. The predicted octanol–water partition coefficient (Wildman–Crippen LogP) is 4.08. The first-order valence-corrected chi connectivity index (χ1v) is 11.4. The average Bonchev–Trinajstić information content (AvgIpc) is 3.30. The van der Waals surface area contributed by atoms with Gasteiger partial charge in [0.1, 0.15) is 12.4 Å². The Labute approximate surface area is 195 Å². The molecule has 170 valence electrons. The summed E-state index contributed by atoms with van der Waals surface area (Å²) in [5.74, 6) is -0.254. The van der Waals surface area contributed by atoms with Gasteiger partial charge in [-0.1, -0.05) is 23.7 Å². The lowest BCUT2D eigenvalue weighted by Crippen LogP contribution is -2.44. The third-order valence-electron chi connectivity index (χ3n) is 6.84. The third kappa shape index (κ3) is 3.95. The van der Waals surface area contributed by atoms with E-state index in [1.807, 2.05) is 0 Å². The number of hydrogen-bond acceptors (Lipinski definition) is 4.